The summed E-state index contributed by atoms with van der Waals surface area (Å²) in [6.45, 7) is 7.43. The van der Waals surface area contributed by atoms with Gasteiger partial charge in [0.05, 0.1) is 23.8 Å². The van der Waals surface area contributed by atoms with Crippen molar-refractivity contribution in [1.82, 2.24) is 5.32 Å². The molecule has 0 saturated heterocycles. The van der Waals surface area contributed by atoms with Gasteiger partial charge in [-0.15, -0.1) is 0 Å². The van der Waals surface area contributed by atoms with Gasteiger partial charge in [-0.05, 0) is 69.2 Å². The minimum atomic E-state index is -0.542. The smallest absolute Gasteiger partial charge is 0.340 e. The summed E-state index contributed by atoms with van der Waals surface area (Å²) in [6.07, 6.45) is 1.67. The van der Waals surface area contributed by atoms with Crippen LogP contribution in [0, 0.1) is 6.92 Å². The molecule has 1 aliphatic heterocycles. The molecule has 1 aliphatic rings. The van der Waals surface area contributed by atoms with Crippen LogP contribution >= 0.6 is 0 Å². The fourth-order valence-corrected chi connectivity index (χ4v) is 4.37. The van der Waals surface area contributed by atoms with Crippen molar-refractivity contribution in [2.45, 2.75) is 33.7 Å². The van der Waals surface area contributed by atoms with E-state index < -0.39 is 5.97 Å². The van der Waals surface area contributed by atoms with Crippen molar-refractivity contribution in [1.29, 1.82) is 0 Å². The number of esters is 1. The standard InChI is InChI=1S/C32H32N2O5/c1-5-38-32(37)30-23(4)34(26-15-11-21(2)12-16-26)31(36)28(30)19-24-13-17-27(18-14-24)39-20-29(35)33-22(3)25-9-7-6-8-10-25/h6-19,22H,5,20H2,1-4H3,(H,33,35)/b28-19-/t22-/m1/s1. The van der Waals surface area contributed by atoms with Crippen LogP contribution in [0.4, 0.5) is 5.69 Å². The van der Waals surface area contributed by atoms with Gasteiger partial charge in [0.1, 0.15) is 5.75 Å². The largest absolute Gasteiger partial charge is 0.484 e. The summed E-state index contributed by atoms with van der Waals surface area (Å²) >= 11 is 0. The fraction of sp³-hybridized carbons (Fsp3) is 0.219. The minimum Gasteiger partial charge on any atom is -0.484 e. The maximum Gasteiger partial charge on any atom is 0.340 e. The molecule has 0 unspecified atom stereocenters. The van der Waals surface area contributed by atoms with Gasteiger partial charge in [0.15, 0.2) is 6.61 Å². The Labute approximate surface area is 228 Å². The van der Waals surface area contributed by atoms with Crippen LogP contribution in [-0.2, 0) is 19.1 Å². The molecule has 0 aromatic heterocycles. The molecule has 0 saturated carbocycles. The molecular weight excluding hydrogens is 492 g/mol. The maximum atomic E-state index is 13.5. The van der Waals surface area contributed by atoms with Crippen molar-refractivity contribution < 1.29 is 23.9 Å². The van der Waals surface area contributed by atoms with Crippen LogP contribution in [0.3, 0.4) is 0 Å². The molecular formula is C32H32N2O5. The molecule has 200 valence electrons. The van der Waals surface area contributed by atoms with E-state index >= 15 is 0 Å². The second-order valence-electron chi connectivity index (χ2n) is 9.27. The number of nitrogens with zero attached hydrogens (tertiary/aromatic N) is 1. The van der Waals surface area contributed by atoms with Crippen LogP contribution in [-0.4, -0.2) is 31.0 Å². The number of carbonyl (C=O) groups excluding carboxylic acids is 3. The summed E-state index contributed by atoms with van der Waals surface area (Å²) in [5.74, 6) is -0.565. The van der Waals surface area contributed by atoms with Crippen molar-refractivity contribution in [2.75, 3.05) is 18.1 Å². The number of hydrogen-bond acceptors (Lipinski definition) is 5. The van der Waals surface area contributed by atoms with Gasteiger partial charge in [0.2, 0.25) is 0 Å². The van der Waals surface area contributed by atoms with Crippen molar-refractivity contribution >= 4 is 29.5 Å². The number of nitrogens with one attached hydrogen (secondary N) is 1. The van der Waals surface area contributed by atoms with Crippen LogP contribution in [0.1, 0.15) is 43.5 Å². The number of allylic oxidation sites excluding steroid dienone is 1. The van der Waals surface area contributed by atoms with Crippen LogP contribution in [0.15, 0.2) is 95.7 Å². The number of benzene rings is 3. The number of rotatable bonds is 9. The monoisotopic (exact) mass is 524 g/mol. The Morgan fingerprint density at radius 3 is 2.26 bits per heavy atom. The molecule has 4 rings (SSSR count). The maximum absolute atomic E-state index is 13.5. The van der Waals surface area contributed by atoms with E-state index in [1.54, 1.807) is 44.2 Å². The Morgan fingerprint density at radius 2 is 1.62 bits per heavy atom. The van der Waals surface area contributed by atoms with Crippen LogP contribution in [0.5, 0.6) is 5.75 Å². The number of amides is 2. The van der Waals surface area contributed by atoms with E-state index in [2.05, 4.69) is 5.32 Å². The predicted molar refractivity (Wildman–Crippen MR) is 151 cm³/mol. The molecule has 2 amide bonds. The summed E-state index contributed by atoms with van der Waals surface area (Å²) in [6, 6.07) is 24.1. The Kier molecular flexibility index (Phi) is 8.61. The van der Waals surface area contributed by atoms with E-state index in [4.69, 9.17) is 9.47 Å². The molecule has 0 aliphatic carbocycles. The third-order valence-corrected chi connectivity index (χ3v) is 6.41. The lowest BCUT2D eigenvalue weighted by Gasteiger charge is -2.18. The van der Waals surface area contributed by atoms with Crippen molar-refractivity contribution in [2.24, 2.45) is 0 Å². The Balaban J connectivity index is 1.48. The van der Waals surface area contributed by atoms with E-state index in [0.717, 1.165) is 11.1 Å². The molecule has 0 fully saturated rings. The van der Waals surface area contributed by atoms with Gasteiger partial charge in [0.25, 0.3) is 11.8 Å². The summed E-state index contributed by atoms with van der Waals surface area (Å²) < 4.78 is 10.9. The van der Waals surface area contributed by atoms with Gasteiger partial charge in [-0.3, -0.25) is 14.5 Å². The quantitative estimate of drug-likeness (QED) is 0.294. The molecule has 7 heteroatoms. The summed E-state index contributed by atoms with van der Waals surface area (Å²) in [7, 11) is 0. The predicted octanol–water partition coefficient (Wildman–Crippen LogP) is 5.52. The lowest BCUT2D eigenvalue weighted by molar-refractivity contribution is -0.138. The van der Waals surface area contributed by atoms with Crippen molar-refractivity contribution in [3.8, 4) is 5.75 Å². The second kappa shape index (κ2) is 12.3. The molecule has 0 bridgehead atoms. The van der Waals surface area contributed by atoms with Gasteiger partial charge in [-0.2, -0.15) is 0 Å². The van der Waals surface area contributed by atoms with Crippen LogP contribution < -0.4 is 15.0 Å². The molecule has 1 atom stereocenters. The van der Waals surface area contributed by atoms with E-state index in [1.807, 2.05) is 68.4 Å². The van der Waals surface area contributed by atoms with Crippen LogP contribution in [0.2, 0.25) is 0 Å². The Morgan fingerprint density at radius 1 is 0.949 bits per heavy atom. The average Bonchev–Trinajstić information content (AvgIpc) is 3.18. The lowest BCUT2D eigenvalue weighted by atomic mass is 10.0. The number of aryl methyl sites for hydroxylation is 1. The number of hydrogen-bond donors (Lipinski definition) is 1. The van der Waals surface area contributed by atoms with Crippen molar-refractivity contribution in [3.63, 3.8) is 0 Å². The average molecular weight is 525 g/mol. The van der Waals surface area contributed by atoms with Crippen LogP contribution in [0.25, 0.3) is 6.08 Å². The summed E-state index contributed by atoms with van der Waals surface area (Å²) in [4.78, 5) is 40.2. The van der Waals surface area contributed by atoms with Gasteiger partial charge in [-0.1, -0.05) is 60.2 Å². The Hall–Kier alpha value is -4.65. The van der Waals surface area contributed by atoms with Gasteiger partial charge >= 0.3 is 5.97 Å². The summed E-state index contributed by atoms with van der Waals surface area (Å²) in [5.41, 5.74) is 4.48. The summed E-state index contributed by atoms with van der Waals surface area (Å²) in [5, 5.41) is 2.92. The molecule has 1 N–H and O–H groups in total. The SMILES string of the molecule is CCOC(=O)C1=C(C)N(c2ccc(C)cc2)C(=O)/C1=C\c1ccc(OCC(=O)N[C@H](C)c2ccccc2)cc1. The van der Waals surface area contributed by atoms with E-state index in [0.29, 0.717) is 22.7 Å². The topological polar surface area (TPSA) is 84.9 Å². The highest BCUT2D eigenvalue weighted by molar-refractivity contribution is 6.23. The number of ether oxygens (including phenoxy) is 2. The molecule has 0 spiro atoms. The zero-order valence-corrected chi connectivity index (χ0v) is 22.6. The number of anilines is 1. The van der Waals surface area contributed by atoms with Gasteiger partial charge < -0.3 is 14.8 Å². The van der Waals surface area contributed by atoms with Gasteiger partial charge in [0, 0.05) is 11.4 Å². The Bertz CT molecular complexity index is 1410. The first kappa shape index (κ1) is 27.4. The number of carbonyl (C=O) groups is 3. The lowest BCUT2D eigenvalue weighted by Crippen LogP contribution is -2.31. The molecule has 7 nitrogen and oxygen atoms in total. The second-order valence-corrected chi connectivity index (χ2v) is 9.27. The van der Waals surface area contributed by atoms with Gasteiger partial charge in [-0.25, -0.2) is 4.79 Å². The molecule has 39 heavy (non-hydrogen) atoms. The molecule has 3 aromatic rings. The highest BCUT2D eigenvalue weighted by atomic mass is 16.5. The third-order valence-electron chi connectivity index (χ3n) is 6.41. The highest BCUT2D eigenvalue weighted by Crippen LogP contribution is 2.35. The zero-order chi connectivity index (χ0) is 27.9. The fourth-order valence-electron chi connectivity index (χ4n) is 4.37. The first-order valence-electron chi connectivity index (χ1n) is 12.9. The molecule has 0 radical (unpaired) electrons. The normalized spacial score (nSPS) is 14.9. The minimum absolute atomic E-state index is 0.128. The zero-order valence-electron chi connectivity index (χ0n) is 22.6. The molecule has 3 aromatic carbocycles. The van der Waals surface area contributed by atoms with E-state index in [-0.39, 0.29) is 42.2 Å². The van der Waals surface area contributed by atoms with E-state index in [9.17, 15) is 14.4 Å². The first-order chi connectivity index (χ1) is 18.8. The highest BCUT2D eigenvalue weighted by Gasteiger charge is 2.38. The van der Waals surface area contributed by atoms with Crippen molar-refractivity contribution in [3.05, 3.63) is 112 Å². The van der Waals surface area contributed by atoms with E-state index in [1.165, 1.54) is 4.90 Å². The first-order valence-corrected chi connectivity index (χ1v) is 12.9. The molecule has 1 heterocycles. The third kappa shape index (κ3) is 6.44.